The van der Waals surface area contributed by atoms with Gasteiger partial charge in [-0.3, -0.25) is 0 Å². The third-order valence-corrected chi connectivity index (χ3v) is 2.20. The van der Waals surface area contributed by atoms with Crippen LogP contribution >= 0.6 is 23.2 Å². The molecule has 1 aromatic heterocycles. The molecule has 0 unspecified atom stereocenters. The molecule has 1 heterocycles. The van der Waals surface area contributed by atoms with Gasteiger partial charge in [-0.05, 0) is 12.1 Å². The number of aliphatic hydroxyl groups is 2. The Hall–Kier alpha value is -0.920. The van der Waals surface area contributed by atoms with Crippen molar-refractivity contribution in [1.29, 1.82) is 0 Å². The number of hydrogen-bond donors (Lipinski definition) is 4. The summed E-state index contributed by atoms with van der Waals surface area (Å²) in [7, 11) is 0. The second-order valence-corrected chi connectivity index (χ2v) is 3.88. The third kappa shape index (κ3) is 7.41. The van der Waals surface area contributed by atoms with Crippen LogP contribution in [-0.4, -0.2) is 52.6 Å². The molecule has 0 aromatic carbocycles. The average Bonchev–Trinajstić information content (AvgIpc) is 2.33. The average molecular weight is 298 g/mol. The Morgan fingerprint density at radius 3 is 2.17 bits per heavy atom. The molecule has 8 heteroatoms. The van der Waals surface area contributed by atoms with Gasteiger partial charge in [0.1, 0.15) is 5.15 Å². The first-order valence-electron chi connectivity index (χ1n) is 5.11. The fourth-order valence-electron chi connectivity index (χ4n) is 0.895. The van der Waals surface area contributed by atoms with Crippen molar-refractivity contribution in [2.45, 2.75) is 0 Å². The Bertz CT molecular complexity index is 373. The summed E-state index contributed by atoms with van der Waals surface area (Å²) in [6, 6.07) is 2.82. The summed E-state index contributed by atoms with van der Waals surface area (Å²) >= 11 is 10.9. The largest absolute Gasteiger partial charge is 0.476 e. The first-order valence-corrected chi connectivity index (χ1v) is 5.87. The van der Waals surface area contributed by atoms with Gasteiger partial charge >= 0.3 is 5.97 Å². The van der Waals surface area contributed by atoms with Crippen molar-refractivity contribution in [1.82, 2.24) is 4.98 Å². The summed E-state index contributed by atoms with van der Waals surface area (Å²) in [6.07, 6.45) is 0. The summed E-state index contributed by atoms with van der Waals surface area (Å²) in [6.45, 7) is 1.78. The molecule has 0 fully saturated rings. The molecule has 0 spiro atoms. The van der Waals surface area contributed by atoms with Crippen molar-refractivity contribution in [3.8, 4) is 0 Å². The maximum Gasteiger partial charge on any atom is 0.356 e. The van der Waals surface area contributed by atoms with Gasteiger partial charge in [-0.1, -0.05) is 23.2 Å². The number of aliphatic hydroxyl groups excluding tert-OH is 2. The third-order valence-electron chi connectivity index (χ3n) is 1.68. The van der Waals surface area contributed by atoms with E-state index < -0.39 is 5.97 Å². The minimum atomic E-state index is -1.18. The van der Waals surface area contributed by atoms with Crippen LogP contribution in [0, 0.1) is 0 Å². The summed E-state index contributed by atoms with van der Waals surface area (Å²) in [5, 5.41) is 26.9. The number of pyridine rings is 1. The first kappa shape index (κ1) is 17.1. The van der Waals surface area contributed by atoms with Gasteiger partial charge in [-0.2, -0.15) is 0 Å². The number of nitrogens with zero attached hydrogens (tertiary/aromatic N) is 1. The first-order chi connectivity index (χ1) is 8.52. The molecular weight excluding hydrogens is 283 g/mol. The zero-order valence-corrected chi connectivity index (χ0v) is 11.0. The Kier molecular flexibility index (Phi) is 9.53. The van der Waals surface area contributed by atoms with Crippen LogP contribution in [0.4, 0.5) is 0 Å². The van der Waals surface area contributed by atoms with Crippen molar-refractivity contribution in [3.63, 3.8) is 0 Å². The van der Waals surface area contributed by atoms with Crippen molar-refractivity contribution in [2.75, 3.05) is 26.3 Å². The zero-order valence-electron chi connectivity index (χ0n) is 9.51. The van der Waals surface area contributed by atoms with Crippen LogP contribution in [0.1, 0.15) is 10.5 Å². The van der Waals surface area contributed by atoms with Crippen molar-refractivity contribution in [2.24, 2.45) is 0 Å². The highest BCUT2D eigenvalue weighted by Crippen LogP contribution is 2.16. The molecule has 0 amide bonds. The Morgan fingerprint density at radius 2 is 1.78 bits per heavy atom. The number of halogens is 2. The fraction of sp³-hybridized carbons (Fsp3) is 0.400. The number of carboxylic acids is 1. The van der Waals surface area contributed by atoms with E-state index in [1.165, 1.54) is 12.1 Å². The van der Waals surface area contributed by atoms with E-state index in [9.17, 15) is 4.79 Å². The van der Waals surface area contributed by atoms with E-state index in [0.29, 0.717) is 13.1 Å². The van der Waals surface area contributed by atoms with Crippen LogP contribution in [0.3, 0.4) is 0 Å². The van der Waals surface area contributed by atoms with Crippen LogP contribution in [0.2, 0.25) is 10.2 Å². The molecule has 0 atom stereocenters. The number of aromatic carboxylic acids is 1. The normalized spacial score (nSPS) is 9.56. The lowest BCUT2D eigenvalue weighted by Crippen LogP contribution is -2.85. The van der Waals surface area contributed by atoms with E-state index in [1.807, 2.05) is 5.32 Å². The Balaban J connectivity index is 0.000000360. The number of rotatable bonds is 5. The topological polar surface area (TPSA) is 107 Å². The second-order valence-electron chi connectivity index (χ2n) is 3.08. The Morgan fingerprint density at radius 1 is 1.22 bits per heavy atom. The molecule has 18 heavy (non-hydrogen) atoms. The van der Waals surface area contributed by atoms with Gasteiger partial charge in [-0.15, -0.1) is 0 Å². The molecule has 0 saturated heterocycles. The fourth-order valence-corrected chi connectivity index (χ4v) is 1.23. The van der Waals surface area contributed by atoms with Gasteiger partial charge in [0.15, 0.2) is 5.69 Å². The van der Waals surface area contributed by atoms with E-state index in [-0.39, 0.29) is 29.1 Å². The molecule has 0 saturated carbocycles. The maximum atomic E-state index is 10.4. The molecule has 102 valence electrons. The monoisotopic (exact) mass is 297 g/mol. The highest BCUT2D eigenvalue weighted by atomic mass is 35.5. The van der Waals surface area contributed by atoms with Gasteiger partial charge in [0.2, 0.25) is 0 Å². The van der Waals surface area contributed by atoms with E-state index >= 15 is 0 Å². The lowest BCUT2D eigenvalue weighted by atomic mass is 10.3. The van der Waals surface area contributed by atoms with Crippen molar-refractivity contribution in [3.05, 3.63) is 28.0 Å². The quantitative estimate of drug-likeness (QED) is 0.438. The molecule has 0 aliphatic carbocycles. The SMILES string of the molecule is O=C(O)c1nc(Cl)ccc1Cl.OCC[NH2+]CCO. The highest BCUT2D eigenvalue weighted by Gasteiger charge is 2.09. The van der Waals surface area contributed by atoms with Crippen molar-refractivity contribution < 1.29 is 25.4 Å². The number of nitrogens with two attached hydrogens (primary N) is 1. The predicted octanol–water partition coefficient (Wildman–Crippen LogP) is -0.379. The molecule has 0 aliphatic heterocycles. The standard InChI is InChI=1S/C6H3Cl2NO2.C4H11NO2/c7-3-1-2-4(8)9-5(3)6(10)11;6-3-1-5-2-4-7/h1-2H,(H,10,11);5-7H,1-4H2/p+1. The second kappa shape index (κ2) is 10.0. The van der Waals surface area contributed by atoms with Crippen LogP contribution in [-0.2, 0) is 0 Å². The number of carboxylic acid groups (broad SMARTS) is 1. The van der Waals surface area contributed by atoms with Crippen LogP contribution in [0.5, 0.6) is 0 Å². The Labute approximate surface area is 114 Å². The molecule has 1 aromatic rings. The molecule has 0 aliphatic rings. The van der Waals surface area contributed by atoms with Gasteiger partial charge < -0.3 is 20.6 Å². The van der Waals surface area contributed by atoms with E-state index in [2.05, 4.69) is 4.98 Å². The minimum Gasteiger partial charge on any atom is -0.476 e. The summed E-state index contributed by atoms with van der Waals surface area (Å²) in [4.78, 5) is 13.9. The summed E-state index contributed by atoms with van der Waals surface area (Å²) in [5.41, 5.74) is -0.223. The zero-order chi connectivity index (χ0) is 14.0. The van der Waals surface area contributed by atoms with Crippen LogP contribution in [0.15, 0.2) is 12.1 Å². The summed E-state index contributed by atoms with van der Waals surface area (Å²) in [5.74, 6) is -1.18. The van der Waals surface area contributed by atoms with E-state index in [4.69, 9.17) is 38.5 Å². The maximum absolute atomic E-state index is 10.4. The smallest absolute Gasteiger partial charge is 0.356 e. The molecule has 5 N–H and O–H groups in total. The molecule has 0 radical (unpaired) electrons. The lowest BCUT2D eigenvalue weighted by Gasteiger charge is -1.96. The van der Waals surface area contributed by atoms with Crippen LogP contribution in [0.25, 0.3) is 0 Å². The number of hydrogen-bond acceptors (Lipinski definition) is 4. The highest BCUT2D eigenvalue weighted by molar-refractivity contribution is 6.34. The molecule has 6 nitrogen and oxygen atoms in total. The lowest BCUT2D eigenvalue weighted by molar-refractivity contribution is -0.657. The van der Waals surface area contributed by atoms with E-state index in [1.54, 1.807) is 0 Å². The van der Waals surface area contributed by atoms with Crippen LogP contribution < -0.4 is 5.32 Å². The molecule has 0 bridgehead atoms. The van der Waals surface area contributed by atoms with Gasteiger partial charge in [0.25, 0.3) is 0 Å². The van der Waals surface area contributed by atoms with Gasteiger partial charge in [0, 0.05) is 0 Å². The van der Waals surface area contributed by atoms with E-state index in [0.717, 1.165) is 0 Å². The summed E-state index contributed by atoms with van der Waals surface area (Å²) < 4.78 is 0. The van der Waals surface area contributed by atoms with Gasteiger partial charge in [-0.25, -0.2) is 9.78 Å². The van der Waals surface area contributed by atoms with Crippen molar-refractivity contribution >= 4 is 29.2 Å². The minimum absolute atomic E-state index is 0.0851. The van der Waals surface area contributed by atoms with Gasteiger partial charge in [0.05, 0.1) is 31.3 Å². The predicted molar refractivity (Wildman–Crippen MR) is 67.0 cm³/mol. The molecular formula is C10H15Cl2N2O4+. The molecule has 1 rings (SSSR count). The number of quaternary nitrogens is 1. The number of carbonyl (C=O) groups is 1. The number of aromatic nitrogens is 1.